The van der Waals surface area contributed by atoms with Gasteiger partial charge in [-0.3, -0.25) is 4.79 Å². The van der Waals surface area contributed by atoms with Crippen LogP contribution in [0.1, 0.15) is 44.5 Å². The molecule has 0 spiro atoms. The number of carbonyl (C=O) groups is 2. The summed E-state index contributed by atoms with van der Waals surface area (Å²) in [6, 6.07) is 1.63. The molecule has 0 bridgehead atoms. The first-order chi connectivity index (χ1) is 12.6. The predicted molar refractivity (Wildman–Crippen MR) is 101 cm³/mol. The number of pyridine rings is 2. The van der Waals surface area contributed by atoms with Gasteiger partial charge < -0.3 is 14.4 Å². The average Bonchev–Trinajstić information content (AvgIpc) is 3.01. The van der Waals surface area contributed by atoms with Gasteiger partial charge >= 0.3 is 6.09 Å². The quantitative estimate of drug-likeness (QED) is 0.583. The molecule has 1 aliphatic heterocycles. The van der Waals surface area contributed by atoms with E-state index < -0.39 is 5.60 Å². The lowest BCUT2D eigenvalue weighted by atomic mass is 10.1. The van der Waals surface area contributed by atoms with E-state index in [1.807, 2.05) is 20.8 Å². The van der Waals surface area contributed by atoms with Gasteiger partial charge in [0.1, 0.15) is 16.9 Å². The van der Waals surface area contributed by atoms with E-state index in [0.717, 1.165) is 0 Å². The number of amides is 1. The molecule has 27 heavy (non-hydrogen) atoms. The van der Waals surface area contributed by atoms with E-state index in [-0.39, 0.29) is 18.0 Å². The number of ether oxygens (including phenoxy) is 2. The Kier molecular flexibility index (Phi) is 5.24. The third-order valence-corrected chi connectivity index (χ3v) is 4.36. The van der Waals surface area contributed by atoms with Crippen molar-refractivity contribution in [1.82, 2.24) is 14.9 Å². The number of carbonyl (C=O) groups excluding carboxylic acids is 2. The molecule has 7 nitrogen and oxygen atoms in total. The van der Waals surface area contributed by atoms with Crippen LogP contribution in [-0.2, 0) is 4.74 Å². The monoisotopic (exact) mass is 391 g/mol. The van der Waals surface area contributed by atoms with Crippen LogP contribution in [0.3, 0.4) is 0 Å². The zero-order valence-electron chi connectivity index (χ0n) is 15.8. The zero-order chi connectivity index (χ0) is 19.8. The fraction of sp³-hybridized carbons (Fsp3) is 0.474. The fourth-order valence-corrected chi connectivity index (χ4v) is 3.09. The molecule has 0 N–H and O–H groups in total. The van der Waals surface area contributed by atoms with Gasteiger partial charge in [0.2, 0.25) is 5.88 Å². The third kappa shape index (κ3) is 4.47. The highest BCUT2D eigenvalue weighted by Crippen LogP contribution is 2.29. The summed E-state index contributed by atoms with van der Waals surface area (Å²) >= 11 is 5.98. The molecule has 2 aromatic rings. The van der Waals surface area contributed by atoms with Crippen molar-refractivity contribution in [2.45, 2.75) is 45.8 Å². The molecule has 1 unspecified atom stereocenters. The minimum Gasteiger partial charge on any atom is -0.472 e. The van der Waals surface area contributed by atoms with Gasteiger partial charge in [-0.1, -0.05) is 11.6 Å². The second-order valence-corrected chi connectivity index (χ2v) is 7.93. The molecule has 1 amide bonds. The Hall–Kier alpha value is -2.41. The highest BCUT2D eigenvalue weighted by Gasteiger charge is 2.31. The second kappa shape index (κ2) is 7.31. The van der Waals surface area contributed by atoms with Crippen LogP contribution < -0.4 is 4.74 Å². The lowest BCUT2D eigenvalue weighted by Crippen LogP contribution is -2.36. The Morgan fingerprint density at radius 1 is 1.22 bits per heavy atom. The molecule has 0 aromatic carbocycles. The number of likely N-dealkylation sites (tertiary alicyclic amines) is 1. The number of nitrogens with zero attached hydrogens (tertiary/aromatic N) is 3. The highest BCUT2D eigenvalue weighted by molar-refractivity contribution is 6.30. The molecular weight excluding hydrogens is 370 g/mol. The van der Waals surface area contributed by atoms with Crippen LogP contribution in [0, 0.1) is 0 Å². The van der Waals surface area contributed by atoms with Gasteiger partial charge in [0.15, 0.2) is 5.78 Å². The molecule has 2 aromatic heterocycles. The van der Waals surface area contributed by atoms with Crippen molar-refractivity contribution in [3.05, 3.63) is 29.2 Å². The molecule has 1 aliphatic rings. The van der Waals surface area contributed by atoms with Crippen LogP contribution >= 0.6 is 11.6 Å². The summed E-state index contributed by atoms with van der Waals surface area (Å²) in [6.45, 7) is 7.93. The summed E-state index contributed by atoms with van der Waals surface area (Å²) < 4.78 is 11.4. The van der Waals surface area contributed by atoms with Crippen molar-refractivity contribution in [2.24, 2.45) is 0 Å². The summed E-state index contributed by atoms with van der Waals surface area (Å²) in [5.41, 5.74) is -0.0789. The van der Waals surface area contributed by atoms with Crippen molar-refractivity contribution in [3.8, 4) is 5.88 Å². The Balaban J connectivity index is 1.79. The van der Waals surface area contributed by atoms with Crippen molar-refractivity contribution >= 4 is 34.2 Å². The molecule has 144 valence electrons. The smallest absolute Gasteiger partial charge is 0.410 e. The molecule has 8 heteroatoms. The van der Waals surface area contributed by atoms with Gasteiger partial charge in [-0.05, 0) is 33.8 Å². The number of hydrogen-bond acceptors (Lipinski definition) is 6. The van der Waals surface area contributed by atoms with Crippen molar-refractivity contribution in [3.63, 3.8) is 0 Å². The molecule has 1 fully saturated rings. The number of aromatic nitrogens is 2. The van der Waals surface area contributed by atoms with Gasteiger partial charge in [-0.25, -0.2) is 14.8 Å². The SMILES string of the molecule is CC(=O)c1cnc(OC2CCN(C(=O)OC(C)(C)C)C2)c2cnc(Cl)cc12. The molecule has 3 rings (SSSR count). The molecule has 1 saturated heterocycles. The highest BCUT2D eigenvalue weighted by atomic mass is 35.5. The summed E-state index contributed by atoms with van der Waals surface area (Å²) in [7, 11) is 0. The standard InChI is InChI=1S/C19H22ClN3O4/c1-11(24)14-8-22-17(15-9-21-16(20)7-13(14)15)26-12-5-6-23(10-12)18(25)27-19(2,3)4/h7-9,12H,5-6,10H2,1-4H3. The number of halogens is 1. The Morgan fingerprint density at radius 3 is 2.63 bits per heavy atom. The van der Waals surface area contributed by atoms with Gasteiger partial charge in [-0.2, -0.15) is 0 Å². The lowest BCUT2D eigenvalue weighted by molar-refractivity contribution is 0.0275. The van der Waals surface area contributed by atoms with E-state index in [1.54, 1.807) is 17.2 Å². The van der Waals surface area contributed by atoms with Crippen LogP contribution in [0.15, 0.2) is 18.5 Å². The minimum atomic E-state index is -0.540. The second-order valence-electron chi connectivity index (χ2n) is 7.54. The van der Waals surface area contributed by atoms with Gasteiger partial charge in [-0.15, -0.1) is 0 Å². The Bertz CT molecular complexity index is 894. The number of ketones is 1. The molecular formula is C19H22ClN3O4. The maximum Gasteiger partial charge on any atom is 0.410 e. The first-order valence-corrected chi connectivity index (χ1v) is 9.11. The topological polar surface area (TPSA) is 81.6 Å². The first kappa shape index (κ1) is 19.4. The van der Waals surface area contributed by atoms with E-state index in [0.29, 0.717) is 46.9 Å². The molecule has 1 atom stereocenters. The van der Waals surface area contributed by atoms with Gasteiger partial charge in [0.05, 0.1) is 11.9 Å². The number of fused-ring (bicyclic) bond motifs is 1. The fourth-order valence-electron chi connectivity index (χ4n) is 2.93. The molecule has 0 saturated carbocycles. The van der Waals surface area contributed by atoms with Gasteiger partial charge in [0, 0.05) is 36.3 Å². The van der Waals surface area contributed by atoms with Crippen LogP contribution in [-0.4, -0.2) is 51.5 Å². The Morgan fingerprint density at radius 2 is 1.96 bits per heavy atom. The van der Waals surface area contributed by atoms with E-state index in [1.165, 1.54) is 13.1 Å². The minimum absolute atomic E-state index is 0.113. The summed E-state index contributed by atoms with van der Waals surface area (Å²) in [6.07, 6.45) is 3.13. The average molecular weight is 392 g/mol. The largest absolute Gasteiger partial charge is 0.472 e. The summed E-state index contributed by atoms with van der Waals surface area (Å²) in [4.78, 5) is 34.0. The summed E-state index contributed by atoms with van der Waals surface area (Å²) in [5, 5.41) is 1.55. The summed E-state index contributed by atoms with van der Waals surface area (Å²) in [5.74, 6) is 0.258. The van der Waals surface area contributed by atoms with Crippen LogP contribution in [0.25, 0.3) is 10.8 Å². The van der Waals surface area contributed by atoms with E-state index in [2.05, 4.69) is 9.97 Å². The Labute approximate surface area is 162 Å². The normalized spacial score (nSPS) is 17.2. The molecule has 0 aliphatic carbocycles. The lowest BCUT2D eigenvalue weighted by Gasteiger charge is -2.24. The number of rotatable bonds is 3. The van der Waals surface area contributed by atoms with Crippen molar-refractivity contribution < 1.29 is 19.1 Å². The number of hydrogen-bond donors (Lipinski definition) is 0. The van der Waals surface area contributed by atoms with Crippen LogP contribution in [0.4, 0.5) is 4.79 Å². The maximum absolute atomic E-state index is 12.2. The third-order valence-electron chi connectivity index (χ3n) is 4.16. The van der Waals surface area contributed by atoms with E-state index in [9.17, 15) is 9.59 Å². The maximum atomic E-state index is 12.2. The van der Waals surface area contributed by atoms with Gasteiger partial charge in [0.25, 0.3) is 0 Å². The van der Waals surface area contributed by atoms with Crippen molar-refractivity contribution in [1.29, 1.82) is 0 Å². The van der Waals surface area contributed by atoms with Crippen LogP contribution in [0.2, 0.25) is 5.15 Å². The zero-order valence-corrected chi connectivity index (χ0v) is 16.5. The number of Topliss-reactive ketones (excluding diaryl/α,β-unsaturated/α-hetero) is 1. The van der Waals surface area contributed by atoms with Crippen LogP contribution in [0.5, 0.6) is 5.88 Å². The predicted octanol–water partition coefficient (Wildman–Crippen LogP) is 3.87. The van der Waals surface area contributed by atoms with Crippen molar-refractivity contribution in [2.75, 3.05) is 13.1 Å². The first-order valence-electron chi connectivity index (χ1n) is 8.74. The molecule has 0 radical (unpaired) electrons. The van der Waals surface area contributed by atoms with E-state index in [4.69, 9.17) is 21.1 Å². The molecule has 3 heterocycles. The van der Waals surface area contributed by atoms with E-state index >= 15 is 0 Å².